The second kappa shape index (κ2) is 14.0. The smallest absolute Gasteiger partial charge is 0.330 e. The number of esters is 1. The molecule has 0 spiro atoms. The van der Waals surface area contributed by atoms with Crippen LogP contribution in [0.1, 0.15) is 29.8 Å². The summed E-state index contributed by atoms with van der Waals surface area (Å²) < 4.78 is 37.2. The quantitative estimate of drug-likeness (QED) is 0.139. The van der Waals surface area contributed by atoms with Gasteiger partial charge >= 0.3 is 11.7 Å². The number of carbonyl (C=O) groups is 1. The molecule has 1 N–H and O–H groups in total. The fourth-order valence-corrected chi connectivity index (χ4v) is 6.02. The van der Waals surface area contributed by atoms with Gasteiger partial charge in [0.2, 0.25) is 0 Å². The first-order valence-corrected chi connectivity index (χ1v) is 15.1. The van der Waals surface area contributed by atoms with Crippen LogP contribution in [-0.4, -0.2) is 61.8 Å². The number of rotatable bonds is 11. The number of nitrogens with zero attached hydrogens (tertiary/aromatic N) is 1. The molecule has 1 fully saturated rings. The lowest BCUT2D eigenvalue weighted by Crippen LogP contribution is -2.42. The van der Waals surface area contributed by atoms with E-state index in [0.29, 0.717) is 11.5 Å². The predicted molar refractivity (Wildman–Crippen MR) is 173 cm³/mol. The molecule has 236 valence electrons. The summed E-state index contributed by atoms with van der Waals surface area (Å²) in [6.45, 7) is 1.20. The van der Waals surface area contributed by atoms with Gasteiger partial charge in [0.25, 0.3) is 5.56 Å². The third-order valence-electron chi connectivity index (χ3n) is 7.70. The van der Waals surface area contributed by atoms with Gasteiger partial charge in [0.15, 0.2) is 12.3 Å². The van der Waals surface area contributed by atoms with Crippen LogP contribution < -0.4 is 20.7 Å². The first-order chi connectivity index (χ1) is 21.7. The number of hydrogen-bond acceptors (Lipinski definition) is 9. The van der Waals surface area contributed by atoms with Gasteiger partial charge in [-0.2, -0.15) is 0 Å². The number of carbonyl (C=O) groups excluding carboxylic acids is 1. The molecule has 0 aliphatic carbocycles. The standard InChI is InChI=1S/C33H33IN2O9/c1-20(37)44-28-27(45-31(29(28)42-4)36-18-26(34)30(38)35-32(36)39)19-43-33(21-8-6-5-7-9-21,22-10-14-24(40-2)15-11-22)23-12-16-25(41-3)17-13-23/h5-18,27-29,31H,19H2,1-4H3,(H,35,38,39)/t27-,28+,29?,31-/m1/s1. The van der Waals surface area contributed by atoms with E-state index in [4.69, 9.17) is 28.4 Å². The average molecular weight is 729 g/mol. The molecule has 4 aromatic rings. The van der Waals surface area contributed by atoms with E-state index in [-0.39, 0.29) is 10.2 Å². The van der Waals surface area contributed by atoms with Crippen molar-refractivity contribution < 1.29 is 33.2 Å². The molecule has 3 aromatic carbocycles. The molecule has 1 unspecified atom stereocenters. The minimum Gasteiger partial charge on any atom is -0.497 e. The van der Waals surface area contributed by atoms with Gasteiger partial charge in [0.05, 0.1) is 24.4 Å². The number of methoxy groups -OCH3 is 3. The molecule has 0 amide bonds. The molecule has 0 radical (unpaired) electrons. The number of H-pyrrole nitrogens is 1. The van der Waals surface area contributed by atoms with E-state index in [1.165, 1.54) is 24.8 Å². The number of halogens is 1. The molecule has 1 aliphatic rings. The minimum atomic E-state index is -1.17. The van der Waals surface area contributed by atoms with Crippen LogP contribution in [0, 0.1) is 3.57 Å². The number of aromatic amines is 1. The highest BCUT2D eigenvalue weighted by Crippen LogP contribution is 2.43. The zero-order valence-corrected chi connectivity index (χ0v) is 27.3. The molecule has 45 heavy (non-hydrogen) atoms. The Morgan fingerprint density at radius 3 is 1.93 bits per heavy atom. The van der Waals surface area contributed by atoms with Crippen molar-refractivity contribution >= 4 is 28.6 Å². The molecule has 1 aromatic heterocycles. The first kappa shape index (κ1) is 32.4. The van der Waals surface area contributed by atoms with Crippen LogP contribution in [-0.2, 0) is 29.3 Å². The highest BCUT2D eigenvalue weighted by molar-refractivity contribution is 14.1. The SMILES string of the molecule is COc1ccc(C(OC[C@H]2O[C@@H](n3cc(I)c(=O)[nH]c3=O)C(OC)[C@H]2OC(C)=O)(c2ccccc2)c2ccc(OC)cc2)cc1. The van der Waals surface area contributed by atoms with E-state index in [1.807, 2.05) is 101 Å². The average Bonchev–Trinajstić information content (AvgIpc) is 3.40. The lowest BCUT2D eigenvalue weighted by molar-refractivity contribution is -0.157. The van der Waals surface area contributed by atoms with Gasteiger partial charge in [-0.25, -0.2) is 4.79 Å². The Balaban J connectivity index is 1.62. The van der Waals surface area contributed by atoms with Crippen molar-refractivity contribution in [1.29, 1.82) is 0 Å². The molecule has 5 rings (SSSR count). The van der Waals surface area contributed by atoms with Gasteiger partial charge in [0, 0.05) is 20.2 Å². The first-order valence-electron chi connectivity index (χ1n) is 14.1. The van der Waals surface area contributed by atoms with Crippen LogP contribution in [0.5, 0.6) is 11.5 Å². The largest absolute Gasteiger partial charge is 0.497 e. The molecule has 1 aliphatic heterocycles. The molecule has 12 heteroatoms. The minimum absolute atomic E-state index is 0.0868. The Bertz CT molecular complexity index is 1680. The molecular weight excluding hydrogens is 695 g/mol. The zero-order chi connectivity index (χ0) is 32.1. The summed E-state index contributed by atoms with van der Waals surface area (Å²) in [6.07, 6.45) is -2.36. The summed E-state index contributed by atoms with van der Waals surface area (Å²) in [6, 6.07) is 24.8. The van der Waals surface area contributed by atoms with E-state index in [2.05, 4.69) is 4.98 Å². The monoisotopic (exact) mass is 728 g/mol. The summed E-state index contributed by atoms with van der Waals surface area (Å²) in [5.74, 6) is 0.798. The number of aromatic nitrogens is 2. The second-order valence-corrected chi connectivity index (χ2v) is 11.5. The van der Waals surface area contributed by atoms with E-state index >= 15 is 0 Å². The third kappa shape index (κ3) is 6.54. The second-order valence-electron chi connectivity index (χ2n) is 10.3. The Hall–Kier alpha value is -3.98. The maximum Gasteiger partial charge on any atom is 0.330 e. The van der Waals surface area contributed by atoms with Crippen LogP contribution in [0.2, 0.25) is 0 Å². The van der Waals surface area contributed by atoms with Gasteiger partial charge in [-0.15, -0.1) is 0 Å². The van der Waals surface area contributed by atoms with E-state index in [0.717, 1.165) is 16.7 Å². The van der Waals surface area contributed by atoms with Crippen molar-refractivity contribution in [1.82, 2.24) is 9.55 Å². The Kier molecular flexibility index (Phi) is 10.1. The van der Waals surface area contributed by atoms with Crippen LogP contribution in [0.25, 0.3) is 0 Å². The van der Waals surface area contributed by atoms with Crippen molar-refractivity contribution in [3.05, 3.63) is 126 Å². The van der Waals surface area contributed by atoms with Gasteiger partial charge < -0.3 is 28.4 Å². The molecule has 1 saturated heterocycles. The molecule has 2 heterocycles. The van der Waals surface area contributed by atoms with Crippen LogP contribution in [0.3, 0.4) is 0 Å². The van der Waals surface area contributed by atoms with Crippen molar-refractivity contribution in [3.8, 4) is 11.5 Å². The molecule has 11 nitrogen and oxygen atoms in total. The number of hydrogen-bond donors (Lipinski definition) is 1. The Labute approximate surface area is 273 Å². The van der Waals surface area contributed by atoms with E-state index < -0.39 is 47.4 Å². The summed E-state index contributed by atoms with van der Waals surface area (Å²) in [7, 11) is 4.64. The lowest BCUT2D eigenvalue weighted by atomic mass is 9.80. The van der Waals surface area contributed by atoms with Gasteiger partial charge in [0.1, 0.15) is 29.3 Å². The van der Waals surface area contributed by atoms with Crippen LogP contribution in [0.15, 0.2) is 94.6 Å². The van der Waals surface area contributed by atoms with Crippen molar-refractivity contribution in [3.63, 3.8) is 0 Å². The van der Waals surface area contributed by atoms with Crippen LogP contribution in [0.4, 0.5) is 0 Å². The molecule has 4 atom stereocenters. The fraction of sp³-hybridized carbons (Fsp3) is 0.303. The Morgan fingerprint density at radius 1 is 0.867 bits per heavy atom. The molecule has 0 saturated carbocycles. The Morgan fingerprint density at radius 2 is 1.42 bits per heavy atom. The van der Waals surface area contributed by atoms with Crippen molar-refractivity contribution in [2.45, 2.75) is 37.1 Å². The summed E-state index contributed by atoms with van der Waals surface area (Å²) in [4.78, 5) is 39.5. The summed E-state index contributed by atoms with van der Waals surface area (Å²) >= 11 is 1.83. The van der Waals surface area contributed by atoms with Crippen molar-refractivity contribution in [2.75, 3.05) is 27.9 Å². The zero-order valence-electron chi connectivity index (χ0n) is 25.1. The van der Waals surface area contributed by atoms with E-state index in [1.54, 1.807) is 14.2 Å². The molecule has 0 bridgehead atoms. The highest BCUT2D eigenvalue weighted by Gasteiger charge is 2.50. The molecular formula is C33H33IN2O9. The van der Waals surface area contributed by atoms with Crippen LogP contribution >= 0.6 is 22.6 Å². The fourth-order valence-electron chi connectivity index (χ4n) is 5.58. The van der Waals surface area contributed by atoms with E-state index in [9.17, 15) is 14.4 Å². The maximum absolute atomic E-state index is 12.9. The van der Waals surface area contributed by atoms with Gasteiger partial charge in [-0.05, 0) is 63.5 Å². The number of nitrogens with one attached hydrogen (secondary N) is 1. The predicted octanol–water partition coefficient (Wildman–Crippen LogP) is 4.01. The highest BCUT2D eigenvalue weighted by atomic mass is 127. The summed E-state index contributed by atoms with van der Waals surface area (Å²) in [5.41, 5.74) is 0.0431. The third-order valence-corrected chi connectivity index (χ3v) is 8.46. The maximum atomic E-state index is 12.9. The van der Waals surface area contributed by atoms with Gasteiger partial charge in [-0.3, -0.25) is 19.1 Å². The number of benzene rings is 3. The topological polar surface area (TPSA) is 127 Å². The number of ether oxygens (including phenoxy) is 6. The van der Waals surface area contributed by atoms with Gasteiger partial charge in [-0.1, -0.05) is 54.6 Å². The summed E-state index contributed by atoms with van der Waals surface area (Å²) in [5, 5.41) is 0. The normalized spacial score (nSPS) is 19.7. The van der Waals surface area contributed by atoms with Crippen molar-refractivity contribution in [2.24, 2.45) is 0 Å². The lowest BCUT2D eigenvalue weighted by Gasteiger charge is -2.37.